The van der Waals surface area contributed by atoms with Gasteiger partial charge in [-0.15, -0.1) is 0 Å². The first-order valence-corrected chi connectivity index (χ1v) is 5.50. The van der Waals surface area contributed by atoms with E-state index in [9.17, 15) is 9.36 Å². The standard InChI is InChI=1S/C7H13O4P/c1-3-7(2)4-10-12(9,6-8)11-5-7/h6H,3-5H2,1-2H3. The maximum atomic E-state index is 11.2. The van der Waals surface area contributed by atoms with Crippen LogP contribution in [0.25, 0.3) is 0 Å². The molecule has 0 aliphatic carbocycles. The first-order chi connectivity index (χ1) is 5.54. The minimum atomic E-state index is -3.37. The minimum Gasteiger partial charge on any atom is -0.303 e. The molecule has 0 bridgehead atoms. The molecule has 1 saturated heterocycles. The molecular formula is C7H13O4P. The Labute approximate surface area is 71.8 Å². The highest BCUT2D eigenvalue weighted by molar-refractivity contribution is 7.69. The monoisotopic (exact) mass is 192 g/mol. The van der Waals surface area contributed by atoms with Gasteiger partial charge < -0.3 is 9.05 Å². The molecule has 0 spiro atoms. The van der Waals surface area contributed by atoms with Crippen molar-refractivity contribution < 1.29 is 18.4 Å². The molecule has 4 nitrogen and oxygen atoms in total. The Bertz CT molecular complexity index is 213. The molecule has 1 aliphatic heterocycles. The van der Waals surface area contributed by atoms with Crippen molar-refractivity contribution in [3.8, 4) is 0 Å². The van der Waals surface area contributed by atoms with Gasteiger partial charge in [-0.05, 0) is 6.42 Å². The van der Waals surface area contributed by atoms with E-state index in [1.54, 1.807) is 0 Å². The van der Waals surface area contributed by atoms with Crippen LogP contribution in [0.4, 0.5) is 0 Å². The van der Waals surface area contributed by atoms with Crippen LogP contribution in [0.15, 0.2) is 0 Å². The van der Waals surface area contributed by atoms with Gasteiger partial charge in [0.1, 0.15) is 0 Å². The summed E-state index contributed by atoms with van der Waals surface area (Å²) in [7, 11) is -3.37. The fraction of sp³-hybridized carbons (Fsp3) is 0.857. The molecule has 0 saturated carbocycles. The molecule has 0 aromatic heterocycles. The molecule has 5 heteroatoms. The third kappa shape index (κ3) is 1.94. The Morgan fingerprint density at radius 2 is 2.00 bits per heavy atom. The van der Waals surface area contributed by atoms with Crippen LogP contribution in [0.2, 0.25) is 0 Å². The molecule has 1 heterocycles. The van der Waals surface area contributed by atoms with E-state index in [0.717, 1.165) is 6.42 Å². The fourth-order valence-electron chi connectivity index (χ4n) is 0.836. The zero-order valence-corrected chi connectivity index (χ0v) is 8.17. The van der Waals surface area contributed by atoms with Gasteiger partial charge in [0.15, 0.2) is 0 Å². The van der Waals surface area contributed by atoms with E-state index in [1.807, 2.05) is 13.8 Å². The zero-order valence-electron chi connectivity index (χ0n) is 7.28. The van der Waals surface area contributed by atoms with E-state index in [1.165, 1.54) is 0 Å². The van der Waals surface area contributed by atoms with E-state index < -0.39 is 7.60 Å². The van der Waals surface area contributed by atoms with Gasteiger partial charge in [0.25, 0.3) is 0 Å². The molecule has 0 atom stereocenters. The second kappa shape index (κ2) is 3.29. The maximum absolute atomic E-state index is 11.2. The summed E-state index contributed by atoms with van der Waals surface area (Å²) >= 11 is 0. The quantitative estimate of drug-likeness (QED) is 0.494. The van der Waals surface area contributed by atoms with Crippen molar-refractivity contribution in [2.75, 3.05) is 13.2 Å². The average Bonchev–Trinajstić information content (AvgIpc) is 2.11. The SMILES string of the molecule is CCC1(C)COP(=O)(C=O)OC1. The van der Waals surface area contributed by atoms with Gasteiger partial charge in [-0.25, -0.2) is 0 Å². The first kappa shape index (κ1) is 9.90. The molecule has 12 heavy (non-hydrogen) atoms. The Morgan fingerprint density at radius 3 is 2.33 bits per heavy atom. The highest BCUT2D eigenvalue weighted by atomic mass is 31.2. The predicted octanol–water partition coefficient (Wildman–Crippen LogP) is 1.83. The smallest absolute Gasteiger partial charge is 0.303 e. The van der Waals surface area contributed by atoms with Gasteiger partial charge in [0, 0.05) is 5.41 Å². The molecule has 1 fully saturated rings. The fourth-order valence-corrected chi connectivity index (χ4v) is 2.02. The number of carbonyl (C=O) groups is 1. The maximum Gasteiger partial charge on any atom is 0.393 e. The van der Waals surface area contributed by atoms with Crippen molar-refractivity contribution in [1.82, 2.24) is 0 Å². The average molecular weight is 192 g/mol. The first-order valence-electron chi connectivity index (χ1n) is 3.89. The van der Waals surface area contributed by atoms with Crippen molar-refractivity contribution in [2.45, 2.75) is 20.3 Å². The van der Waals surface area contributed by atoms with Gasteiger partial charge in [-0.1, -0.05) is 13.8 Å². The molecule has 70 valence electrons. The van der Waals surface area contributed by atoms with Crippen molar-refractivity contribution in [3.63, 3.8) is 0 Å². The second-order valence-corrected chi connectivity index (χ2v) is 5.16. The lowest BCUT2D eigenvalue weighted by Gasteiger charge is -2.33. The van der Waals surface area contributed by atoms with Crippen LogP contribution >= 0.6 is 7.60 Å². The lowest BCUT2D eigenvalue weighted by molar-refractivity contribution is 0.0324. The molecule has 0 radical (unpaired) electrons. The van der Waals surface area contributed by atoms with Gasteiger partial charge in [-0.3, -0.25) is 9.36 Å². The normalized spacial score (nSPS) is 42.5. The third-order valence-electron chi connectivity index (χ3n) is 2.17. The van der Waals surface area contributed by atoms with Gasteiger partial charge in [-0.2, -0.15) is 0 Å². The number of hydrogen-bond donors (Lipinski definition) is 0. The van der Waals surface area contributed by atoms with Crippen LogP contribution in [0.1, 0.15) is 20.3 Å². The lowest BCUT2D eigenvalue weighted by Crippen LogP contribution is -2.31. The summed E-state index contributed by atoms with van der Waals surface area (Å²) in [6, 6.07) is 0.266. The second-order valence-electron chi connectivity index (χ2n) is 3.36. The molecule has 0 aromatic carbocycles. The van der Waals surface area contributed by atoms with Gasteiger partial charge in [0.05, 0.1) is 13.2 Å². The molecule has 0 unspecified atom stereocenters. The summed E-state index contributed by atoms with van der Waals surface area (Å²) in [4.78, 5) is 10.3. The third-order valence-corrected chi connectivity index (χ3v) is 3.40. The molecule has 1 aliphatic rings. The molecule has 0 N–H and O–H groups in total. The molecule has 0 aromatic rings. The van der Waals surface area contributed by atoms with Crippen LogP contribution in [0, 0.1) is 5.41 Å². The molecule has 1 rings (SSSR count). The summed E-state index contributed by atoms with van der Waals surface area (Å²) < 4.78 is 21.0. The van der Waals surface area contributed by atoms with Crippen LogP contribution in [-0.4, -0.2) is 19.2 Å². The predicted molar refractivity (Wildman–Crippen MR) is 44.7 cm³/mol. The lowest BCUT2D eigenvalue weighted by atomic mass is 9.90. The highest BCUT2D eigenvalue weighted by Gasteiger charge is 2.37. The van der Waals surface area contributed by atoms with Crippen LogP contribution in [0.3, 0.4) is 0 Å². The zero-order chi connectivity index (χ0) is 9.24. The topological polar surface area (TPSA) is 52.6 Å². The van der Waals surface area contributed by atoms with E-state index in [-0.39, 0.29) is 11.4 Å². The van der Waals surface area contributed by atoms with E-state index >= 15 is 0 Å². The van der Waals surface area contributed by atoms with E-state index in [0.29, 0.717) is 13.2 Å². The van der Waals surface area contributed by atoms with Crippen LogP contribution in [0.5, 0.6) is 0 Å². The Balaban J connectivity index is 2.61. The Kier molecular flexibility index (Phi) is 2.71. The largest absolute Gasteiger partial charge is 0.393 e. The summed E-state index contributed by atoms with van der Waals surface area (Å²) in [6.45, 7) is 4.64. The van der Waals surface area contributed by atoms with Crippen molar-refractivity contribution in [3.05, 3.63) is 0 Å². The number of hydrogen-bond acceptors (Lipinski definition) is 4. The minimum absolute atomic E-state index is 0.100. The van der Waals surface area contributed by atoms with Gasteiger partial charge >= 0.3 is 7.60 Å². The van der Waals surface area contributed by atoms with Gasteiger partial charge in [0.2, 0.25) is 6.03 Å². The highest BCUT2D eigenvalue weighted by Crippen LogP contribution is 2.51. The van der Waals surface area contributed by atoms with Crippen molar-refractivity contribution >= 4 is 13.6 Å². The van der Waals surface area contributed by atoms with Crippen LogP contribution < -0.4 is 0 Å². The molecule has 0 amide bonds. The summed E-state index contributed by atoms with van der Waals surface area (Å²) in [5, 5.41) is 0. The summed E-state index contributed by atoms with van der Waals surface area (Å²) in [6.07, 6.45) is 0.881. The summed E-state index contributed by atoms with van der Waals surface area (Å²) in [5.74, 6) is 0. The van der Waals surface area contributed by atoms with Crippen LogP contribution in [-0.2, 0) is 18.4 Å². The summed E-state index contributed by atoms with van der Waals surface area (Å²) in [5.41, 5.74) is -0.100. The van der Waals surface area contributed by atoms with E-state index in [4.69, 9.17) is 9.05 Å². The number of rotatable bonds is 2. The number of carbonyl (C=O) groups excluding carboxylic acids is 1. The van der Waals surface area contributed by atoms with E-state index in [2.05, 4.69) is 0 Å². The molecular weight excluding hydrogens is 179 g/mol. The van der Waals surface area contributed by atoms with Crippen molar-refractivity contribution in [2.24, 2.45) is 5.41 Å². The Hall–Kier alpha value is -0.180. The Morgan fingerprint density at radius 1 is 1.50 bits per heavy atom. The van der Waals surface area contributed by atoms with Crippen molar-refractivity contribution in [1.29, 1.82) is 0 Å².